The van der Waals surface area contributed by atoms with E-state index < -0.39 is 0 Å². The summed E-state index contributed by atoms with van der Waals surface area (Å²) in [6, 6.07) is 8.52. The van der Waals surface area contributed by atoms with Crippen molar-refractivity contribution in [3.63, 3.8) is 0 Å². The molecule has 0 aliphatic carbocycles. The number of nitrogens with one attached hydrogen (secondary N) is 1. The van der Waals surface area contributed by atoms with Crippen LogP contribution in [0.1, 0.15) is 22.9 Å². The molecule has 0 amide bonds. The summed E-state index contributed by atoms with van der Waals surface area (Å²) in [5.74, 6) is 0.756. The van der Waals surface area contributed by atoms with Gasteiger partial charge in [-0.3, -0.25) is 5.43 Å². The van der Waals surface area contributed by atoms with Gasteiger partial charge in [0.2, 0.25) is 0 Å². The molecule has 1 N–H and O–H groups in total. The van der Waals surface area contributed by atoms with Gasteiger partial charge < -0.3 is 9.64 Å². The van der Waals surface area contributed by atoms with E-state index in [1.807, 2.05) is 6.92 Å². The van der Waals surface area contributed by atoms with E-state index in [1.54, 1.807) is 17.7 Å². The van der Waals surface area contributed by atoms with Gasteiger partial charge in [0.1, 0.15) is 11.2 Å². The molecule has 1 saturated heterocycles. The Morgan fingerprint density at radius 2 is 1.89 bits per heavy atom. The van der Waals surface area contributed by atoms with Crippen molar-refractivity contribution < 1.29 is 4.74 Å². The zero-order chi connectivity index (χ0) is 18.8. The molecule has 3 aromatic rings. The number of hydrogen-bond acceptors (Lipinski definition) is 7. The first-order chi connectivity index (χ1) is 13.1. The van der Waals surface area contributed by atoms with Gasteiger partial charge >= 0.3 is 0 Å². The number of ether oxygens (including phenoxy) is 1. The lowest BCUT2D eigenvalue weighted by Gasteiger charge is -2.28. The van der Waals surface area contributed by atoms with Crippen molar-refractivity contribution in [2.45, 2.75) is 20.8 Å². The summed E-state index contributed by atoms with van der Waals surface area (Å²) in [4.78, 5) is 13.3. The number of fused-ring (bicyclic) bond motifs is 1. The van der Waals surface area contributed by atoms with E-state index in [0.29, 0.717) is 0 Å². The Morgan fingerprint density at radius 3 is 2.63 bits per heavy atom. The SMILES string of the molecule is C/C(=N\Nc1ncnc2sc(C)c(C)c12)c1ccc(N2CCOCC2)cc1. The molecule has 1 fully saturated rings. The molecule has 2 aromatic heterocycles. The number of benzene rings is 1. The number of hydrazone groups is 1. The van der Waals surface area contributed by atoms with Crippen LogP contribution in [0.2, 0.25) is 0 Å². The second-order valence-electron chi connectivity index (χ2n) is 6.64. The van der Waals surface area contributed by atoms with Gasteiger partial charge in [-0.15, -0.1) is 11.3 Å². The summed E-state index contributed by atoms with van der Waals surface area (Å²) in [6.07, 6.45) is 1.59. The highest BCUT2D eigenvalue weighted by atomic mass is 32.1. The van der Waals surface area contributed by atoms with Crippen molar-refractivity contribution in [2.24, 2.45) is 5.10 Å². The van der Waals surface area contributed by atoms with Crippen molar-refractivity contribution in [3.8, 4) is 0 Å². The van der Waals surface area contributed by atoms with Gasteiger partial charge in [0, 0.05) is 23.7 Å². The highest BCUT2D eigenvalue weighted by Gasteiger charge is 2.13. The lowest BCUT2D eigenvalue weighted by Crippen LogP contribution is -2.36. The van der Waals surface area contributed by atoms with E-state index in [9.17, 15) is 0 Å². The second kappa shape index (κ2) is 7.62. The summed E-state index contributed by atoms with van der Waals surface area (Å²) >= 11 is 1.69. The summed E-state index contributed by atoms with van der Waals surface area (Å²) in [7, 11) is 0. The molecule has 6 nitrogen and oxygen atoms in total. The van der Waals surface area contributed by atoms with E-state index in [4.69, 9.17) is 4.74 Å². The minimum Gasteiger partial charge on any atom is -0.378 e. The van der Waals surface area contributed by atoms with Gasteiger partial charge in [-0.05, 0) is 44.0 Å². The topological polar surface area (TPSA) is 62.6 Å². The fraction of sp³-hybridized carbons (Fsp3) is 0.350. The lowest BCUT2D eigenvalue weighted by molar-refractivity contribution is 0.122. The van der Waals surface area contributed by atoms with Crippen molar-refractivity contribution in [2.75, 3.05) is 36.6 Å². The monoisotopic (exact) mass is 381 g/mol. The van der Waals surface area contributed by atoms with Crippen molar-refractivity contribution in [3.05, 3.63) is 46.6 Å². The maximum absolute atomic E-state index is 5.42. The zero-order valence-electron chi connectivity index (χ0n) is 15.8. The molecule has 4 rings (SSSR count). The molecule has 0 spiro atoms. The molecule has 1 aliphatic rings. The van der Waals surface area contributed by atoms with E-state index in [1.165, 1.54) is 16.1 Å². The zero-order valence-corrected chi connectivity index (χ0v) is 16.6. The third kappa shape index (κ3) is 3.65. The van der Waals surface area contributed by atoms with E-state index in [2.05, 4.69) is 63.5 Å². The quantitative estimate of drug-likeness (QED) is 0.547. The molecule has 140 valence electrons. The van der Waals surface area contributed by atoms with Crippen molar-refractivity contribution in [1.82, 2.24) is 9.97 Å². The number of anilines is 2. The molecule has 7 heteroatoms. The first-order valence-electron chi connectivity index (χ1n) is 9.07. The maximum Gasteiger partial charge on any atom is 0.158 e. The summed E-state index contributed by atoms with van der Waals surface area (Å²) in [6.45, 7) is 9.68. The second-order valence-corrected chi connectivity index (χ2v) is 7.84. The van der Waals surface area contributed by atoms with E-state index in [0.717, 1.165) is 53.6 Å². The minimum absolute atomic E-state index is 0.756. The number of hydrogen-bond donors (Lipinski definition) is 1. The van der Waals surface area contributed by atoms with Crippen molar-refractivity contribution >= 4 is 38.8 Å². The average Bonchev–Trinajstić information content (AvgIpc) is 3.01. The lowest BCUT2D eigenvalue weighted by atomic mass is 10.1. The number of morpholine rings is 1. The number of aromatic nitrogens is 2. The average molecular weight is 382 g/mol. The van der Waals surface area contributed by atoms with Crippen LogP contribution in [0.5, 0.6) is 0 Å². The van der Waals surface area contributed by atoms with Gasteiger partial charge in [0.25, 0.3) is 0 Å². The molecule has 1 aromatic carbocycles. The third-order valence-corrected chi connectivity index (χ3v) is 6.07. The van der Waals surface area contributed by atoms with Crippen LogP contribution in [0, 0.1) is 13.8 Å². The molecule has 0 unspecified atom stereocenters. The van der Waals surface area contributed by atoms with Crippen LogP contribution in [0.25, 0.3) is 10.2 Å². The first kappa shape index (κ1) is 17.9. The Kier molecular flexibility index (Phi) is 5.05. The molecule has 0 radical (unpaired) electrons. The van der Waals surface area contributed by atoms with Crippen LogP contribution in [-0.4, -0.2) is 42.0 Å². The Labute approximate surface area is 162 Å². The van der Waals surface area contributed by atoms with Crippen LogP contribution >= 0.6 is 11.3 Å². The molecule has 1 aliphatic heterocycles. The van der Waals surface area contributed by atoms with Crippen LogP contribution in [0.4, 0.5) is 11.5 Å². The predicted molar refractivity (Wildman–Crippen MR) is 112 cm³/mol. The van der Waals surface area contributed by atoms with Crippen LogP contribution in [0.15, 0.2) is 35.7 Å². The van der Waals surface area contributed by atoms with E-state index in [-0.39, 0.29) is 0 Å². The van der Waals surface area contributed by atoms with Crippen molar-refractivity contribution in [1.29, 1.82) is 0 Å². The predicted octanol–water partition coefficient (Wildman–Crippen LogP) is 3.98. The molecular weight excluding hydrogens is 358 g/mol. The van der Waals surface area contributed by atoms with Gasteiger partial charge in [-0.25, -0.2) is 9.97 Å². The number of aryl methyl sites for hydroxylation is 2. The van der Waals surface area contributed by atoms with Gasteiger partial charge in [0.15, 0.2) is 5.82 Å². The first-order valence-corrected chi connectivity index (χ1v) is 9.89. The molecule has 0 atom stereocenters. The molecular formula is C20H23N5OS. The highest BCUT2D eigenvalue weighted by molar-refractivity contribution is 7.18. The molecule has 3 heterocycles. The fourth-order valence-electron chi connectivity index (χ4n) is 3.20. The Bertz CT molecular complexity index is 974. The van der Waals surface area contributed by atoms with Gasteiger partial charge in [-0.2, -0.15) is 5.10 Å². The Morgan fingerprint density at radius 1 is 1.15 bits per heavy atom. The number of nitrogens with zero attached hydrogens (tertiary/aromatic N) is 4. The van der Waals surface area contributed by atoms with Gasteiger partial charge in [-0.1, -0.05) is 12.1 Å². The smallest absolute Gasteiger partial charge is 0.158 e. The fourth-order valence-corrected chi connectivity index (χ4v) is 4.20. The van der Waals surface area contributed by atoms with Crippen LogP contribution in [0.3, 0.4) is 0 Å². The molecule has 0 saturated carbocycles. The standard InChI is InChI=1S/C20H23N5OS/c1-13-15(3)27-20-18(13)19(21-12-22-20)24-23-14(2)16-4-6-17(7-5-16)25-8-10-26-11-9-25/h4-7,12H,8-11H2,1-3H3,(H,21,22,24)/b23-14+. The summed E-state index contributed by atoms with van der Waals surface area (Å²) < 4.78 is 5.42. The highest BCUT2D eigenvalue weighted by Crippen LogP contribution is 2.32. The largest absolute Gasteiger partial charge is 0.378 e. The molecule has 27 heavy (non-hydrogen) atoms. The number of thiophene rings is 1. The van der Waals surface area contributed by atoms with Crippen LogP contribution in [-0.2, 0) is 4.74 Å². The van der Waals surface area contributed by atoms with Gasteiger partial charge in [0.05, 0.1) is 24.3 Å². The summed E-state index contributed by atoms with van der Waals surface area (Å²) in [5, 5.41) is 5.61. The minimum atomic E-state index is 0.756. The Balaban J connectivity index is 1.53. The van der Waals surface area contributed by atoms with Crippen LogP contribution < -0.4 is 10.3 Å². The summed E-state index contributed by atoms with van der Waals surface area (Å²) in [5.41, 5.74) is 7.57. The third-order valence-electron chi connectivity index (χ3n) is 4.96. The Hall–Kier alpha value is -2.51. The number of rotatable bonds is 4. The normalized spacial score (nSPS) is 15.4. The molecule has 0 bridgehead atoms. The maximum atomic E-state index is 5.42. The van der Waals surface area contributed by atoms with E-state index >= 15 is 0 Å².